The first kappa shape index (κ1) is 67.7. The molecule has 0 fully saturated rings. The molecule has 1 heterocycles. The molecule has 0 radical (unpaired) electrons. The Balaban J connectivity index is 0.00000399. The third kappa shape index (κ3) is 11.6. The standard InChI is InChI=1S/C84H58F12NO2P.Au.ClH/c1-45(47-17-5-3-6-18-47)97(46(2)48-19-7-4-8-20-48)100-98-79-71(69-41-53-25-13-29-63-67(39-51-23-15-31-65(69)75(51)73(53)63)55-33-57(81(85,86)87)43-58(34-55)82(88,89)90)37-49-21-9-11-27-61(49)77(79)78-62-28-12-10-22-50(62)38-72(80(78)99-100)70-42-54-26-14-30-64-68(40-52-24-16-32-66(70)76(52)74(54)64)56-35-59(83(91,92)93)44-60(36-56)84(94,95)96;;/h3-8,13-20,23-26,29-46H,9-12,21-22,27-28H2,1-2H3;;1H/q;+1;/p-1/t45-,46-;;/m0../s1. The van der Waals surface area contributed by atoms with Crippen molar-refractivity contribution in [2.45, 2.75) is 102 Å². The second-order valence-corrected chi connectivity index (χ2v) is 28.1. The maximum atomic E-state index is 14.6. The second kappa shape index (κ2) is 25.6. The number of alkyl halides is 12. The van der Waals surface area contributed by atoms with Crippen LogP contribution in [0.1, 0.15) is 107 Å². The van der Waals surface area contributed by atoms with Gasteiger partial charge in [0.1, 0.15) is 0 Å². The van der Waals surface area contributed by atoms with Crippen molar-refractivity contribution in [1.29, 1.82) is 0 Å². The summed E-state index contributed by atoms with van der Waals surface area (Å²) >= 11 is 1.75. The first-order valence-corrected chi connectivity index (χ1v) is 37.3. The number of hydrogen-bond acceptors (Lipinski definition) is 3. The Morgan fingerprint density at radius 1 is 0.343 bits per heavy atom. The van der Waals surface area contributed by atoms with Crippen LogP contribution in [0.2, 0.25) is 0 Å². The van der Waals surface area contributed by atoms with Gasteiger partial charge in [-0.1, -0.05) is 133 Å². The minimum absolute atomic E-state index is 0.150. The molecule has 102 heavy (non-hydrogen) atoms. The molecule has 518 valence electrons. The molecule has 0 N–H and O–H groups in total. The van der Waals surface area contributed by atoms with Gasteiger partial charge in [-0.05, 0) is 269 Å². The van der Waals surface area contributed by atoms with Crippen LogP contribution in [0.4, 0.5) is 52.7 Å². The van der Waals surface area contributed by atoms with E-state index >= 15 is 0 Å². The Hall–Kier alpha value is -8.79. The SMILES string of the molecule is C[C@@H](c1ccccc1)N([C@@H](C)c1ccccc1)p1oc2c(-c3cc4cccc5c(-c6cc(C(F)(F)F)cc(C(F)(F)F)c6)cc6cccc3c6c45)cc3c(c2c2c4c(cc(-c5cc6cccc7c(-c8cc(C(F)(F)F)cc(C(F)(F)F)c8)cc8cccc5c8c67)c2o1)CCCC4)CCCC3.[Cl][Au]. The molecule has 0 unspecified atom stereocenters. The fourth-order valence-electron chi connectivity index (χ4n) is 16.4. The van der Waals surface area contributed by atoms with Crippen LogP contribution >= 0.6 is 17.4 Å². The topological polar surface area (TPSA) is 29.5 Å². The predicted octanol–water partition coefficient (Wildman–Crippen LogP) is 27.7. The first-order chi connectivity index (χ1) is 48.9. The summed E-state index contributed by atoms with van der Waals surface area (Å²) in [6.07, 6.45) is -13.8. The van der Waals surface area contributed by atoms with Crippen LogP contribution in [0.3, 0.4) is 0 Å². The number of hydrogen-bond donors (Lipinski definition) is 0. The van der Waals surface area contributed by atoms with Gasteiger partial charge >= 0.3 is 62.0 Å². The zero-order valence-electron chi connectivity index (χ0n) is 54.4. The molecule has 18 heteroatoms. The van der Waals surface area contributed by atoms with E-state index < -0.39 is 55.1 Å². The Bertz CT molecular complexity index is 5450. The average molecular weight is 1600 g/mol. The van der Waals surface area contributed by atoms with E-state index in [0.29, 0.717) is 67.1 Å². The van der Waals surface area contributed by atoms with Gasteiger partial charge in [0.15, 0.2) is 11.2 Å². The molecule has 2 atom stereocenters. The normalized spacial score (nSPS) is 14.6. The van der Waals surface area contributed by atoms with Gasteiger partial charge in [0, 0.05) is 34.0 Å². The molecular formula is C84H58AuClF12NO2P. The fraction of sp³-hybridized carbons (Fsp3) is 0.190. The molecule has 2 aliphatic carbocycles. The fourth-order valence-corrected chi connectivity index (χ4v) is 18.1. The molecule has 0 aliphatic heterocycles. The Kier molecular flexibility index (Phi) is 17.0. The third-order valence-corrected chi connectivity index (χ3v) is 22.7. The van der Waals surface area contributed by atoms with Crippen molar-refractivity contribution >= 4 is 104 Å². The predicted molar refractivity (Wildman–Crippen MR) is 383 cm³/mol. The maximum absolute atomic E-state index is 14.6. The van der Waals surface area contributed by atoms with E-state index in [2.05, 4.69) is 76.2 Å². The van der Waals surface area contributed by atoms with Gasteiger partial charge in [-0.25, -0.2) is 0 Å². The molecular weight excluding hydrogens is 1550 g/mol. The summed E-state index contributed by atoms with van der Waals surface area (Å²) in [5.41, 5.74) is 5.21. The summed E-state index contributed by atoms with van der Waals surface area (Å²) in [5, 5.41) is 9.89. The minimum atomic E-state index is -5.07. The van der Waals surface area contributed by atoms with Gasteiger partial charge < -0.3 is 8.39 Å². The van der Waals surface area contributed by atoms with E-state index in [4.69, 9.17) is 8.39 Å². The molecule has 1 aromatic heterocycles. The van der Waals surface area contributed by atoms with Crippen molar-refractivity contribution in [3.8, 4) is 44.5 Å². The van der Waals surface area contributed by atoms with Crippen LogP contribution < -0.4 is 4.67 Å². The van der Waals surface area contributed by atoms with Crippen molar-refractivity contribution in [3.05, 3.63) is 262 Å². The number of nitrogens with zero attached hydrogens (tertiary/aromatic N) is 1. The van der Waals surface area contributed by atoms with Gasteiger partial charge in [-0.15, -0.1) is 0 Å². The first-order valence-electron chi connectivity index (χ1n) is 33.5. The molecule has 0 bridgehead atoms. The van der Waals surface area contributed by atoms with Crippen molar-refractivity contribution in [1.82, 2.24) is 0 Å². The molecule has 0 spiro atoms. The number of rotatable bonds is 9. The van der Waals surface area contributed by atoms with Crippen LogP contribution in [0, 0.1) is 0 Å². The number of benzene rings is 14. The summed E-state index contributed by atoms with van der Waals surface area (Å²) in [7, 11) is 2.31. The molecule has 0 saturated carbocycles. The Labute approximate surface area is 594 Å². The molecule has 2 aliphatic rings. The number of fused-ring (bicyclic) bond motifs is 7. The average Bonchev–Trinajstić information content (AvgIpc) is 1.12. The van der Waals surface area contributed by atoms with E-state index in [1.54, 1.807) is 56.4 Å². The number of aryl methyl sites for hydroxylation is 4. The van der Waals surface area contributed by atoms with Gasteiger partial charge in [0.2, 0.25) is 0 Å². The van der Waals surface area contributed by atoms with Gasteiger partial charge in [0.25, 0.3) is 0 Å². The Morgan fingerprint density at radius 2 is 0.647 bits per heavy atom. The van der Waals surface area contributed by atoms with Crippen LogP contribution in [-0.4, -0.2) is 0 Å². The summed E-state index contributed by atoms with van der Waals surface area (Å²) in [6.45, 7) is 4.30. The van der Waals surface area contributed by atoms with Crippen molar-refractivity contribution in [2.24, 2.45) is 0 Å². The van der Waals surface area contributed by atoms with E-state index in [1.807, 2.05) is 84.9 Å². The van der Waals surface area contributed by atoms with Crippen LogP contribution in [0.15, 0.2) is 215 Å². The zero-order valence-corrected chi connectivity index (χ0v) is 58.2. The van der Waals surface area contributed by atoms with E-state index in [1.165, 1.54) is 0 Å². The number of halogens is 13. The summed E-state index contributed by atoms with van der Waals surface area (Å²) < 4.78 is 194. The molecule has 15 aromatic rings. The summed E-state index contributed by atoms with van der Waals surface area (Å²) in [6, 6.07) is 57.5. The second-order valence-electron chi connectivity index (χ2n) is 26.8. The van der Waals surface area contributed by atoms with E-state index in [9.17, 15) is 52.7 Å². The van der Waals surface area contributed by atoms with Gasteiger partial charge in [-0.3, -0.25) is 0 Å². The van der Waals surface area contributed by atoms with E-state index in [-0.39, 0.29) is 46.5 Å². The molecule has 3 nitrogen and oxygen atoms in total. The Morgan fingerprint density at radius 3 is 0.971 bits per heavy atom. The monoisotopic (exact) mass is 1600 g/mol. The van der Waals surface area contributed by atoms with Crippen LogP contribution in [0.5, 0.6) is 0 Å². The summed E-state index contributed by atoms with van der Waals surface area (Å²) in [5.74, 6) is 0. The quantitative estimate of drug-likeness (QED) is 0.0819. The van der Waals surface area contributed by atoms with Crippen molar-refractivity contribution in [3.63, 3.8) is 0 Å². The molecule has 17 rings (SSSR count). The van der Waals surface area contributed by atoms with Crippen molar-refractivity contribution < 1.29 is 81.1 Å². The molecule has 0 amide bonds. The van der Waals surface area contributed by atoms with Crippen LogP contribution in [0.25, 0.3) is 131 Å². The summed E-state index contributed by atoms with van der Waals surface area (Å²) in [4.78, 5) is 0. The zero-order chi connectivity index (χ0) is 71.1. The third-order valence-electron chi connectivity index (χ3n) is 21.0. The van der Waals surface area contributed by atoms with Crippen molar-refractivity contribution in [2.75, 3.05) is 4.67 Å². The van der Waals surface area contributed by atoms with Gasteiger partial charge in [-0.2, -0.15) is 57.4 Å². The molecule has 0 saturated heterocycles. The molecule has 14 aromatic carbocycles. The van der Waals surface area contributed by atoms with Gasteiger partial charge in [0.05, 0.1) is 22.3 Å². The van der Waals surface area contributed by atoms with Crippen LogP contribution in [-0.2, 0) is 70.4 Å². The van der Waals surface area contributed by atoms with E-state index in [0.717, 1.165) is 151 Å².